The minimum absolute atomic E-state index is 0.0152. The Hall–Kier alpha value is -3.50. The topological polar surface area (TPSA) is 124 Å². The molecule has 0 atom stereocenters. The van der Waals surface area contributed by atoms with Gasteiger partial charge < -0.3 is 28.4 Å². The number of carbonyl (C=O) groups is 4. The van der Waals surface area contributed by atoms with Crippen molar-refractivity contribution in [1.29, 1.82) is 0 Å². The van der Waals surface area contributed by atoms with E-state index in [-0.39, 0.29) is 51.1 Å². The second-order valence-corrected chi connectivity index (χ2v) is 5.20. The molecule has 0 aromatic heterocycles. The van der Waals surface area contributed by atoms with Crippen LogP contribution in [0.5, 0.6) is 0 Å². The molecule has 0 saturated carbocycles. The summed E-state index contributed by atoms with van der Waals surface area (Å²) in [5, 5.41) is 0. The lowest BCUT2D eigenvalue weighted by atomic mass is 10.1. The molecule has 0 spiro atoms. The summed E-state index contributed by atoms with van der Waals surface area (Å²) in [6.45, 7) is 5.58. The van der Waals surface area contributed by atoms with Crippen LogP contribution in [0.15, 0.2) is 49.6 Å². The zero-order chi connectivity index (χ0) is 22.2. The van der Waals surface area contributed by atoms with Gasteiger partial charge in [0.25, 0.3) is 0 Å². The maximum Gasteiger partial charge on any atom is 0.339 e. The zero-order valence-corrected chi connectivity index (χ0v) is 16.2. The number of carbonyl (C=O) groups excluding carboxylic acids is 4. The summed E-state index contributed by atoms with van der Waals surface area (Å²) in [7, 11) is 0. The van der Waals surface area contributed by atoms with E-state index in [9.17, 15) is 19.2 Å². The maximum absolute atomic E-state index is 12.2. The molecule has 0 aliphatic heterocycles. The van der Waals surface area contributed by atoms with Crippen molar-refractivity contribution >= 4 is 23.9 Å². The molecule has 30 heavy (non-hydrogen) atoms. The van der Waals surface area contributed by atoms with Crippen LogP contribution in [0.4, 0.5) is 0 Å². The van der Waals surface area contributed by atoms with Gasteiger partial charge in [-0.2, -0.15) is 0 Å². The van der Waals surface area contributed by atoms with Crippen LogP contribution in [-0.4, -0.2) is 63.9 Å². The number of esters is 4. The van der Waals surface area contributed by atoms with Gasteiger partial charge in [-0.05, 0) is 12.1 Å². The number of benzene rings is 1. The molecule has 0 fully saturated rings. The van der Waals surface area contributed by atoms with E-state index in [0.717, 1.165) is 12.2 Å². The summed E-state index contributed by atoms with van der Waals surface area (Å²) in [5.41, 5.74) is 0.0304. The molecular formula is C20H22O10. The van der Waals surface area contributed by atoms with Crippen molar-refractivity contribution in [3.8, 4) is 0 Å². The summed E-state index contributed by atoms with van der Waals surface area (Å²) in [4.78, 5) is 46.0. The molecule has 1 aromatic carbocycles. The maximum atomic E-state index is 12.2. The molecule has 1 aromatic rings. The number of hydrogen-bond donors (Lipinski definition) is 0. The van der Waals surface area contributed by atoms with Gasteiger partial charge in [-0.1, -0.05) is 25.3 Å². The average Bonchev–Trinajstić information content (AvgIpc) is 2.77. The smallest absolute Gasteiger partial charge is 0.339 e. The predicted octanol–water partition coefficient (Wildman–Crippen LogP) is 1.41. The normalized spacial score (nSPS) is 9.87. The van der Waals surface area contributed by atoms with Gasteiger partial charge in [0, 0.05) is 12.2 Å². The van der Waals surface area contributed by atoms with E-state index < -0.39 is 23.9 Å². The standard InChI is InChI=1S/C20H22O10/c1-3-17(21)29-13-25-9-11-27-19(23)15-7-5-6-8-16(15)20(24)28-12-10-26-14-30-18(22)4-2/h3-8H,1-2,9-14H2. The fraction of sp³-hybridized carbons (Fsp3) is 0.300. The van der Waals surface area contributed by atoms with Gasteiger partial charge in [0.15, 0.2) is 13.6 Å². The van der Waals surface area contributed by atoms with Crippen LogP contribution < -0.4 is 0 Å². The molecule has 0 bridgehead atoms. The first kappa shape index (κ1) is 24.5. The third-order valence-corrected chi connectivity index (χ3v) is 3.19. The predicted molar refractivity (Wildman–Crippen MR) is 101 cm³/mol. The second-order valence-electron chi connectivity index (χ2n) is 5.20. The highest BCUT2D eigenvalue weighted by molar-refractivity contribution is 6.03. The average molecular weight is 422 g/mol. The lowest BCUT2D eigenvalue weighted by molar-refractivity contribution is -0.151. The van der Waals surface area contributed by atoms with E-state index in [1.165, 1.54) is 12.1 Å². The summed E-state index contributed by atoms with van der Waals surface area (Å²) >= 11 is 0. The fourth-order valence-electron chi connectivity index (χ4n) is 1.82. The fourth-order valence-corrected chi connectivity index (χ4v) is 1.82. The highest BCUT2D eigenvalue weighted by Crippen LogP contribution is 2.12. The molecule has 0 aliphatic carbocycles. The van der Waals surface area contributed by atoms with Crippen molar-refractivity contribution in [3.05, 3.63) is 60.7 Å². The van der Waals surface area contributed by atoms with Crippen LogP contribution in [0.3, 0.4) is 0 Å². The Labute approximate surface area is 172 Å². The number of hydrogen-bond acceptors (Lipinski definition) is 10. The van der Waals surface area contributed by atoms with E-state index >= 15 is 0 Å². The Morgan fingerprint density at radius 1 is 0.667 bits per heavy atom. The highest BCUT2D eigenvalue weighted by Gasteiger charge is 2.19. The highest BCUT2D eigenvalue weighted by atomic mass is 16.7. The van der Waals surface area contributed by atoms with Crippen LogP contribution in [0, 0.1) is 0 Å². The van der Waals surface area contributed by atoms with Crippen molar-refractivity contribution in [3.63, 3.8) is 0 Å². The molecule has 0 amide bonds. The Bertz CT molecular complexity index is 693. The van der Waals surface area contributed by atoms with Crippen molar-refractivity contribution in [2.75, 3.05) is 40.0 Å². The van der Waals surface area contributed by atoms with E-state index in [1.807, 2.05) is 0 Å². The summed E-state index contributed by atoms with van der Waals surface area (Å²) in [6.07, 6.45) is 1.98. The van der Waals surface area contributed by atoms with Gasteiger partial charge in [-0.15, -0.1) is 0 Å². The monoisotopic (exact) mass is 422 g/mol. The quantitative estimate of drug-likeness (QED) is 0.143. The molecule has 0 unspecified atom stereocenters. The van der Waals surface area contributed by atoms with E-state index in [1.54, 1.807) is 12.1 Å². The first-order valence-electron chi connectivity index (χ1n) is 8.66. The lowest BCUT2D eigenvalue weighted by Gasteiger charge is -2.10. The molecule has 0 heterocycles. The minimum atomic E-state index is -0.748. The van der Waals surface area contributed by atoms with Crippen LogP contribution in [0.2, 0.25) is 0 Å². The Morgan fingerprint density at radius 3 is 1.43 bits per heavy atom. The van der Waals surface area contributed by atoms with E-state index in [4.69, 9.17) is 18.9 Å². The molecular weight excluding hydrogens is 400 g/mol. The van der Waals surface area contributed by atoms with Crippen molar-refractivity contribution < 1.29 is 47.6 Å². The SMILES string of the molecule is C=CC(=O)OCOCCOC(=O)c1ccccc1C(=O)OCCOCOC(=O)C=C. The third kappa shape index (κ3) is 9.62. The Morgan fingerprint density at radius 2 is 1.07 bits per heavy atom. The number of rotatable bonds is 14. The molecule has 0 saturated heterocycles. The van der Waals surface area contributed by atoms with Gasteiger partial charge >= 0.3 is 23.9 Å². The summed E-state index contributed by atoms with van der Waals surface area (Å²) < 4.78 is 29.2. The number of ether oxygens (including phenoxy) is 6. The zero-order valence-electron chi connectivity index (χ0n) is 16.2. The van der Waals surface area contributed by atoms with Crippen molar-refractivity contribution in [1.82, 2.24) is 0 Å². The first-order valence-corrected chi connectivity index (χ1v) is 8.66. The van der Waals surface area contributed by atoms with Crippen LogP contribution in [-0.2, 0) is 38.0 Å². The first-order chi connectivity index (χ1) is 14.5. The van der Waals surface area contributed by atoms with E-state index in [0.29, 0.717) is 0 Å². The summed E-state index contributed by atoms with van der Waals surface area (Å²) in [6, 6.07) is 5.96. The van der Waals surface area contributed by atoms with E-state index in [2.05, 4.69) is 22.6 Å². The molecule has 1 rings (SSSR count). The molecule has 162 valence electrons. The lowest BCUT2D eigenvalue weighted by Crippen LogP contribution is -2.18. The molecule has 0 aliphatic rings. The van der Waals surface area contributed by atoms with Crippen molar-refractivity contribution in [2.24, 2.45) is 0 Å². The van der Waals surface area contributed by atoms with Gasteiger partial charge in [-0.25, -0.2) is 19.2 Å². The minimum Gasteiger partial charge on any atom is -0.460 e. The second kappa shape index (κ2) is 14.5. The van der Waals surface area contributed by atoms with Crippen molar-refractivity contribution in [2.45, 2.75) is 0 Å². The van der Waals surface area contributed by atoms with Gasteiger partial charge in [-0.3, -0.25) is 0 Å². The molecule has 10 nitrogen and oxygen atoms in total. The largest absolute Gasteiger partial charge is 0.460 e. The van der Waals surface area contributed by atoms with Gasteiger partial charge in [0.1, 0.15) is 13.2 Å². The summed E-state index contributed by atoms with van der Waals surface area (Å²) in [5.74, 6) is -2.77. The molecule has 0 radical (unpaired) electrons. The molecule has 0 N–H and O–H groups in total. The Kier molecular flexibility index (Phi) is 11.9. The Balaban J connectivity index is 2.39. The van der Waals surface area contributed by atoms with Gasteiger partial charge in [0.2, 0.25) is 0 Å². The van der Waals surface area contributed by atoms with Gasteiger partial charge in [0.05, 0.1) is 24.3 Å². The molecule has 10 heteroatoms. The van der Waals surface area contributed by atoms with Crippen LogP contribution in [0.1, 0.15) is 20.7 Å². The van der Waals surface area contributed by atoms with Crippen LogP contribution >= 0.6 is 0 Å². The van der Waals surface area contributed by atoms with Crippen LogP contribution in [0.25, 0.3) is 0 Å². The third-order valence-electron chi connectivity index (χ3n) is 3.19.